The van der Waals surface area contributed by atoms with Crippen LogP contribution in [0.3, 0.4) is 0 Å². The lowest BCUT2D eigenvalue weighted by Gasteiger charge is -2.26. The Balaban J connectivity index is 1.38. The number of amides is 1. The van der Waals surface area contributed by atoms with Crippen LogP contribution in [0.1, 0.15) is 16.5 Å². The van der Waals surface area contributed by atoms with Crippen LogP contribution in [-0.4, -0.2) is 51.5 Å². The number of nitrogens with zero attached hydrogens (tertiary/aromatic N) is 1. The summed E-state index contributed by atoms with van der Waals surface area (Å²) < 4.78 is 45.4. The zero-order valence-corrected chi connectivity index (χ0v) is 19.4. The number of ether oxygens (including phenoxy) is 1. The molecule has 1 fully saturated rings. The molecular weight excluding hydrogens is 465 g/mol. The van der Waals surface area contributed by atoms with Crippen molar-refractivity contribution in [3.05, 3.63) is 82.3 Å². The van der Waals surface area contributed by atoms with Crippen molar-refractivity contribution in [1.29, 1.82) is 0 Å². The summed E-state index contributed by atoms with van der Waals surface area (Å²) in [4.78, 5) is 13.7. The Hall–Kier alpha value is -2.63. The van der Waals surface area contributed by atoms with Crippen molar-refractivity contribution in [2.45, 2.75) is 10.9 Å². The highest BCUT2D eigenvalue weighted by Crippen LogP contribution is 2.26. The summed E-state index contributed by atoms with van der Waals surface area (Å²) in [6.45, 7) is 1.43. The van der Waals surface area contributed by atoms with E-state index in [0.717, 1.165) is 10.4 Å². The Kier molecular flexibility index (Phi) is 7.51. The fourth-order valence-corrected chi connectivity index (χ4v) is 5.77. The second-order valence-corrected chi connectivity index (χ2v) is 10.4. The first kappa shape index (κ1) is 23.5. The van der Waals surface area contributed by atoms with E-state index in [9.17, 15) is 17.6 Å². The molecule has 33 heavy (non-hydrogen) atoms. The van der Waals surface area contributed by atoms with Crippen molar-refractivity contribution in [2.24, 2.45) is 0 Å². The van der Waals surface area contributed by atoms with Gasteiger partial charge in [0, 0.05) is 23.7 Å². The molecular formula is C23H24FN3O4S2. The van der Waals surface area contributed by atoms with Gasteiger partial charge in [-0.1, -0.05) is 18.2 Å². The molecule has 1 saturated heterocycles. The number of hydrogen-bond acceptors (Lipinski definition) is 6. The summed E-state index contributed by atoms with van der Waals surface area (Å²) in [5, 5.41) is 7.94. The predicted octanol–water partition coefficient (Wildman–Crippen LogP) is 3.23. The Morgan fingerprint density at radius 2 is 1.76 bits per heavy atom. The van der Waals surface area contributed by atoms with Gasteiger partial charge in [0.15, 0.2) is 0 Å². The van der Waals surface area contributed by atoms with E-state index in [4.69, 9.17) is 4.74 Å². The first-order valence-electron chi connectivity index (χ1n) is 10.4. The van der Waals surface area contributed by atoms with Crippen LogP contribution in [0, 0.1) is 5.82 Å². The molecule has 1 atom stereocenters. The van der Waals surface area contributed by atoms with Gasteiger partial charge in [-0.25, -0.2) is 12.8 Å². The monoisotopic (exact) mass is 489 g/mol. The van der Waals surface area contributed by atoms with Crippen LogP contribution in [0.2, 0.25) is 0 Å². The van der Waals surface area contributed by atoms with Crippen molar-refractivity contribution in [3.8, 4) is 0 Å². The summed E-state index contributed by atoms with van der Waals surface area (Å²) in [6, 6.07) is 15.9. The molecule has 0 aliphatic carbocycles. The number of anilines is 1. The smallest absolute Gasteiger partial charge is 0.243 e. The summed E-state index contributed by atoms with van der Waals surface area (Å²) in [7, 11) is -3.58. The molecule has 2 N–H and O–H groups in total. The molecule has 0 radical (unpaired) electrons. The Labute approximate surface area is 196 Å². The van der Waals surface area contributed by atoms with Gasteiger partial charge in [0.1, 0.15) is 5.82 Å². The van der Waals surface area contributed by atoms with Gasteiger partial charge in [0.05, 0.1) is 30.7 Å². The molecule has 10 heteroatoms. The third-order valence-corrected chi connectivity index (χ3v) is 8.09. The third kappa shape index (κ3) is 5.84. The number of sulfonamides is 1. The van der Waals surface area contributed by atoms with Crippen molar-refractivity contribution in [1.82, 2.24) is 9.62 Å². The molecule has 0 spiro atoms. The largest absolute Gasteiger partial charge is 0.379 e. The molecule has 1 amide bonds. The van der Waals surface area contributed by atoms with Crippen molar-refractivity contribution >= 4 is 33.0 Å². The molecule has 1 aliphatic rings. The van der Waals surface area contributed by atoms with E-state index in [2.05, 4.69) is 10.6 Å². The summed E-state index contributed by atoms with van der Waals surface area (Å²) in [5.41, 5.74) is 1.35. The molecule has 1 aliphatic heterocycles. The average molecular weight is 490 g/mol. The highest BCUT2D eigenvalue weighted by Gasteiger charge is 2.26. The third-order valence-electron chi connectivity index (χ3n) is 5.24. The number of morpholine rings is 1. The van der Waals surface area contributed by atoms with Crippen molar-refractivity contribution in [3.63, 3.8) is 0 Å². The molecule has 0 saturated carbocycles. The molecule has 0 bridgehead atoms. The van der Waals surface area contributed by atoms with Gasteiger partial charge in [-0.2, -0.15) is 4.31 Å². The Morgan fingerprint density at radius 1 is 1.06 bits per heavy atom. The minimum absolute atomic E-state index is 0.0216. The number of rotatable bonds is 8. The van der Waals surface area contributed by atoms with Crippen LogP contribution in [0.25, 0.3) is 0 Å². The molecule has 3 aromatic rings. The van der Waals surface area contributed by atoms with Gasteiger partial charge in [-0.15, -0.1) is 11.3 Å². The molecule has 2 heterocycles. The number of hydrogen-bond donors (Lipinski definition) is 2. The van der Waals surface area contributed by atoms with Gasteiger partial charge in [-0.3, -0.25) is 10.1 Å². The number of thiophene rings is 1. The second-order valence-electron chi connectivity index (χ2n) is 7.47. The molecule has 7 nitrogen and oxygen atoms in total. The van der Waals surface area contributed by atoms with Gasteiger partial charge >= 0.3 is 0 Å². The Bertz CT molecular complexity index is 1160. The number of nitrogens with one attached hydrogen (secondary N) is 2. The number of carbonyl (C=O) groups excluding carboxylic acids is 1. The standard InChI is InChI=1S/C23H24FN3O4S2/c24-18-5-3-17(4-6-18)23(21-2-1-15-32-21)25-16-22(28)26-19-7-9-20(10-8-19)33(29,30)27-11-13-31-14-12-27/h1-10,15,23,25H,11-14,16H2,(H,26,28)/t23-/m1/s1. The summed E-state index contributed by atoms with van der Waals surface area (Å²) in [5.74, 6) is -0.594. The fraction of sp³-hybridized carbons (Fsp3) is 0.261. The average Bonchev–Trinajstić information content (AvgIpc) is 3.36. The maximum Gasteiger partial charge on any atom is 0.243 e. The molecule has 4 rings (SSSR count). The first-order valence-corrected chi connectivity index (χ1v) is 12.8. The molecule has 0 unspecified atom stereocenters. The van der Waals surface area contributed by atoms with E-state index in [1.807, 2.05) is 17.5 Å². The van der Waals surface area contributed by atoms with Crippen molar-refractivity contribution in [2.75, 3.05) is 38.2 Å². The summed E-state index contributed by atoms with van der Waals surface area (Å²) >= 11 is 1.54. The summed E-state index contributed by atoms with van der Waals surface area (Å²) in [6.07, 6.45) is 0. The molecule has 174 valence electrons. The van der Waals surface area contributed by atoms with Crippen LogP contribution >= 0.6 is 11.3 Å². The van der Waals surface area contributed by atoms with Crippen LogP contribution in [0.15, 0.2) is 70.9 Å². The Morgan fingerprint density at radius 3 is 2.39 bits per heavy atom. The first-order chi connectivity index (χ1) is 15.9. The van der Waals surface area contributed by atoms with Crippen LogP contribution in [-0.2, 0) is 19.6 Å². The highest BCUT2D eigenvalue weighted by molar-refractivity contribution is 7.89. The highest BCUT2D eigenvalue weighted by atomic mass is 32.2. The normalized spacial score (nSPS) is 15.8. The zero-order chi connectivity index (χ0) is 23.3. The van der Waals surface area contributed by atoms with Crippen molar-refractivity contribution < 1.29 is 22.3 Å². The van der Waals surface area contributed by atoms with E-state index < -0.39 is 10.0 Å². The zero-order valence-electron chi connectivity index (χ0n) is 17.7. The van der Waals surface area contributed by atoms with Crippen LogP contribution in [0.4, 0.5) is 10.1 Å². The van der Waals surface area contributed by atoms with Gasteiger partial charge in [-0.05, 0) is 53.4 Å². The molecule has 2 aromatic carbocycles. The lowest BCUT2D eigenvalue weighted by molar-refractivity contribution is -0.115. The van der Waals surface area contributed by atoms with E-state index in [1.165, 1.54) is 28.6 Å². The minimum atomic E-state index is -3.58. The van der Waals surface area contributed by atoms with Gasteiger partial charge in [0.25, 0.3) is 0 Å². The maximum absolute atomic E-state index is 13.3. The van der Waals surface area contributed by atoms with Gasteiger partial charge < -0.3 is 10.1 Å². The number of halogens is 1. The fourth-order valence-electron chi connectivity index (χ4n) is 3.54. The van der Waals surface area contributed by atoms with E-state index in [0.29, 0.717) is 32.0 Å². The van der Waals surface area contributed by atoms with Crippen LogP contribution < -0.4 is 10.6 Å². The second kappa shape index (κ2) is 10.5. The topological polar surface area (TPSA) is 87.7 Å². The SMILES string of the molecule is O=C(CN[C@H](c1ccc(F)cc1)c1cccs1)Nc1ccc(S(=O)(=O)N2CCOCC2)cc1. The van der Waals surface area contributed by atoms with Crippen LogP contribution in [0.5, 0.6) is 0 Å². The van der Waals surface area contributed by atoms with E-state index in [-0.39, 0.29) is 29.2 Å². The quantitative estimate of drug-likeness (QED) is 0.507. The number of carbonyl (C=O) groups is 1. The van der Waals surface area contributed by atoms with E-state index in [1.54, 1.807) is 35.6 Å². The lowest BCUT2D eigenvalue weighted by Crippen LogP contribution is -2.40. The molecule has 1 aromatic heterocycles. The van der Waals surface area contributed by atoms with E-state index >= 15 is 0 Å². The maximum atomic E-state index is 13.3. The predicted molar refractivity (Wildman–Crippen MR) is 125 cm³/mol. The minimum Gasteiger partial charge on any atom is -0.379 e. The number of benzene rings is 2. The lowest BCUT2D eigenvalue weighted by atomic mass is 10.1. The van der Waals surface area contributed by atoms with Gasteiger partial charge in [0.2, 0.25) is 15.9 Å².